The lowest BCUT2D eigenvalue weighted by atomic mass is 10.0. The highest BCUT2D eigenvalue weighted by Gasteiger charge is 2.16. The molecule has 0 aliphatic rings. The second kappa shape index (κ2) is 7.88. The molecule has 4 aromatic rings. The van der Waals surface area contributed by atoms with Gasteiger partial charge in [0, 0.05) is 23.6 Å². The van der Waals surface area contributed by atoms with Crippen LogP contribution in [-0.4, -0.2) is 24.5 Å². The first-order valence-electron chi connectivity index (χ1n) is 9.61. The Morgan fingerprint density at radius 2 is 1.53 bits per heavy atom. The van der Waals surface area contributed by atoms with Gasteiger partial charge in [0.15, 0.2) is 9.84 Å². The van der Waals surface area contributed by atoms with Crippen LogP contribution in [0, 0.1) is 5.82 Å². The topological polar surface area (TPSA) is 52.0 Å². The average Bonchev–Trinajstić information content (AvgIpc) is 3.19. The van der Waals surface area contributed by atoms with Crippen molar-refractivity contribution in [1.82, 2.24) is 9.78 Å². The Bertz CT molecular complexity index is 1290. The maximum Gasteiger partial charge on any atom is 0.175 e. The Balaban J connectivity index is 1.90. The van der Waals surface area contributed by atoms with Gasteiger partial charge in [-0.25, -0.2) is 17.5 Å². The number of benzene rings is 3. The largest absolute Gasteiger partial charge is 0.239 e. The first kappa shape index (κ1) is 20.0. The molecule has 0 saturated carbocycles. The van der Waals surface area contributed by atoms with Gasteiger partial charge >= 0.3 is 0 Å². The lowest BCUT2D eigenvalue weighted by molar-refractivity contribution is 0.602. The average molecular weight is 421 g/mol. The zero-order valence-electron chi connectivity index (χ0n) is 16.7. The fourth-order valence-corrected chi connectivity index (χ4v) is 4.08. The van der Waals surface area contributed by atoms with E-state index >= 15 is 0 Å². The van der Waals surface area contributed by atoms with Crippen molar-refractivity contribution < 1.29 is 12.8 Å². The van der Waals surface area contributed by atoms with Crippen LogP contribution in [0.4, 0.5) is 4.39 Å². The highest BCUT2D eigenvalue weighted by atomic mass is 32.2. The molecule has 4 rings (SSSR count). The van der Waals surface area contributed by atoms with Gasteiger partial charge < -0.3 is 0 Å². The van der Waals surface area contributed by atoms with E-state index in [1.54, 1.807) is 36.4 Å². The third-order valence-corrected chi connectivity index (χ3v) is 6.17. The number of aryl methyl sites for hydroxylation is 1. The van der Waals surface area contributed by atoms with Crippen LogP contribution in [-0.2, 0) is 16.3 Å². The van der Waals surface area contributed by atoms with Crippen molar-refractivity contribution in [3.63, 3.8) is 0 Å². The summed E-state index contributed by atoms with van der Waals surface area (Å²) in [5.41, 5.74) is 5.29. The van der Waals surface area contributed by atoms with Gasteiger partial charge in [-0.05, 0) is 47.9 Å². The molecule has 1 aromatic heterocycles. The zero-order chi connectivity index (χ0) is 21.3. The first-order chi connectivity index (χ1) is 14.4. The van der Waals surface area contributed by atoms with E-state index in [1.165, 1.54) is 18.4 Å². The predicted octanol–water partition coefficient (Wildman–Crippen LogP) is 5.31. The lowest BCUT2D eigenvalue weighted by Crippen LogP contribution is -1.99. The van der Waals surface area contributed by atoms with Gasteiger partial charge in [-0.2, -0.15) is 5.10 Å². The Kier molecular flexibility index (Phi) is 5.26. The standard InChI is InChI=1S/C24H21FN2O2S/c1-3-17-6-4-5-7-23(17)27-16-22(18-8-12-20(25)13-9-18)24(26-27)19-10-14-21(15-11-19)30(2,28)29/h4-16H,3H2,1-2H3. The second-order valence-corrected chi connectivity index (χ2v) is 9.14. The molecule has 0 amide bonds. The van der Waals surface area contributed by atoms with Crippen LogP contribution in [0.3, 0.4) is 0 Å². The minimum Gasteiger partial charge on any atom is -0.239 e. The summed E-state index contributed by atoms with van der Waals surface area (Å²) in [4.78, 5) is 0.255. The molecule has 0 bridgehead atoms. The van der Waals surface area contributed by atoms with Gasteiger partial charge in [0.05, 0.1) is 10.6 Å². The van der Waals surface area contributed by atoms with Crippen LogP contribution in [0.2, 0.25) is 0 Å². The molecule has 6 heteroatoms. The molecule has 0 aliphatic heterocycles. The molecular weight excluding hydrogens is 399 g/mol. The minimum absolute atomic E-state index is 0.255. The van der Waals surface area contributed by atoms with Crippen LogP contribution in [0.1, 0.15) is 12.5 Å². The number of nitrogens with zero attached hydrogens (tertiary/aromatic N) is 2. The summed E-state index contributed by atoms with van der Waals surface area (Å²) < 4.78 is 38.9. The van der Waals surface area contributed by atoms with Crippen LogP contribution in [0.5, 0.6) is 0 Å². The molecule has 4 nitrogen and oxygen atoms in total. The Labute approximate surface area is 175 Å². The molecule has 0 N–H and O–H groups in total. The van der Waals surface area contributed by atoms with Crippen molar-refractivity contribution >= 4 is 9.84 Å². The smallest absolute Gasteiger partial charge is 0.175 e. The van der Waals surface area contributed by atoms with Gasteiger partial charge in [0.1, 0.15) is 11.5 Å². The highest BCUT2D eigenvalue weighted by molar-refractivity contribution is 7.90. The summed E-state index contributed by atoms with van der Waals surface area (Å²) in [7, 11) is -3.28. The van der Waals surface area contributed by atoms with Crippen molar-refractivity contribution in [3.8, 4) is 28.1 Å². The van der Waals surface area contributed by atoms with Crippen LogP contribution >= 0.6 is 0 Å². The van der Waals surface area contributed by atoms with E-state index in [9.17, 15) is 12.8 Å². The lowest BCUT2D eigenvalue weighted by Gasteiger charge is -2.07. The number of hydrogen-bond donors (Lipinski definition) is 0. The van der Waals surface area contributed by atoms with Crippen LogP contribution < -0.4 is 0 Å². The maximum absolute atomic E-state index is 13.5. The maximum atomic E-state index is 13.5. The quantitative estimate of drug-likeness (QED) is 0.440. The van der Waals surface area contributed by atoms with E-state index in [2.05, 4.69) is 13.0 Å². The van der Waals surface area contributed by atoms with Crippen molar-refractivity contribution in [1.29, 1.82) is 0 Å². The molecule has 0 radical (unpaired) electrons. The Morgan fingerprint density at radius 1 is 0.900 bits per heavy atom. The SMILES string of the molecule is CCc1ccccc1-n1cc(-c2ccc(F)cc2)c(-c2ccc(S(C)(=O)=O)cc2)n1. The summed E-state index contributed by atoms with van der Waals surface area (Å²) in [6.07, 6.45) is 3.98. The number of sulfone groups is 1. The molecule has 0 fully saturated rings. The molecule has 0 saturated heterocycles. The van der Waals surface area contributed by atoms with Crippen molar-refractivity contribution in [3.05, 3.63) is 90.4 Å². The third-order valence-electron chi connectivity index (χ3n) is 5.04. The van der Waals surface area contributed by atoms with Gasteiger partial charge in [0.2, 0.25) is 0 Å². The summed E-state index contributed by atoms with van der Waals surface area (Å²) in [5, 5.41) is 4.82. The van der Waals surface area contributed by atoms with Gasteiger partial charge in [0.25, 0.3) is 0 Å². The minimum atomic E-state index is -3.28. The van der Waals surface area contributed by atoms with Crippen LogP contribution in [0.25, 0.3) is 28.1 Å². The van der Waals surface area contributed by atoms with Gasteiger partial charge in [-0.15, -0.1) is 0 Å². The molecule has 0 spiro atoms. The molecule has 152 valence electrons. The number of hydrogen-bond acceptors (Lipinski definition) is 3. The monoisotopic (exact) mass is 420 g/mol. The molecular formula is C24H21FN2O2S. The Hall–Kier alpha value is -3.25. The predicted molar refractivity (Wildman–Crippen MR) is 117 cm³/mol. The molecule has 0 aliphatic carbocycles. The molecule has 0 unspecified atom stereocenters. The summed E-state index contributed by atoms with van der Waals surface area (Å²) in [6.45, 7) is 2.09. The molecule has 30 heavy (non-hydrogen) atoms. The van der Waals surface area contributed by atoms with Crippen LogP contribution in [0.15, 0.2) is 83.9 Å². The van der Waals surface area contributed by atoms with E-state index in [0.29, 0.717) is 5.69 Å². The van der Waals surface area contributed by atoms with Crippen molar-refractivity contribution in [2.45, 2.75) is 18.2 Å². The summed E-state index contributed by atoms with van der Waals surface area (Å²) >= 11 is 0. The molecule has 3 aromatic carbocycles. The number of halogens is 1. The third kappa shape index (κ3) is 3.91. The fraction of sp³-hybridized carbons (Fsp3) is 0.125. The van der Waals surface area contributed by atoms with Crippen molar-refractivity contribution in [2.75, 3.05) is 6.26 Å². The number of rotatable bonds is 5. The van der Waals surface area contributed by atoms with E-state index in [-0.39, 0.29) is 10.7 Å². The zero-order valence-corrected chi connectivity index (χ0v) is 17.5. The fourth-order valence-electron chi connectivity index (χ4n) is 3.44. The second-order valence-electron chi connectivity index (χ2n) is 7.12. The Morgan fingerprint density at radius 3 is 2.17 bits per heavy atom. The van der Waals surface area contributed by atoms with E-state index < -0.39 is 9.84 Å². The van der Waals surface area contributed by atoms with Gasteiger partial charge in [-0.3, -0.25) is 0 Å². The summed E-state index contributed by atoms with van der Waals surface area (Å²) in [6, 6.07) is 21.0. The number of para-hydroxylation sites is 1. The normalized spacial score (nSPS) is 11.6. The molecule has 1 heterocycles. The number of aromatic nitrogens is 2. The summed E-state index contributed by atoms with van der Waals surface area (Å²) in [5.74, 6) is -0.304. The highest BCUT2D eigenvalue weighted by Crippen LogP contribution is 2.33. The van der Waals surface area contributed by atoms with E-state index in [4.69, 9.17) is 5.10 Å². The van der Waals surface area contributed by atoms with Gasteiger partial charge in [-0.1, -0.05) is 49.4 Å². The first-order valence-corrected chi connectivity index (χ1v) is 11.5. The van der Waals surface area contributed by atoms with Crippen molar-refractivity contribution in [2.24, 2.45) is 0 Å². The molecule has 0 atom stereocenters. The van der Waals surface area contributed by atoms with E-state index in [1.807, 2.05) is 29.1 Å². The van der Waals surface area contributed by atoms with E-state index in [0.717, 1.165) is 34.4 Å².